The molecule has 0 amide bonds. The molecule has 12 heteroatoms. The summed E-state index contributed by atoms with van der Waals surface area (Å²) in [6.45, 7) is 21.1. The van der Waals surface area contributed by atoms with Gasteiger partial charge in [-0.1, -0.05) is 79.7 Å². The van der Waals surface area contributed by atoms with Gasteiger partial charge < -0.3 is 4.74 Å². The number of rotatable bonds is 0. The summed E-state index contributed by atoms with van der Waals surface area (Å²) in [7, 11) is 4.34. The van der Waals surface area contributed by atoms with Crippen molar-refractivity contribution in [1.82, 2.24) is 0 Å². The van der Waals surface area contributed by atoms with E-state index in [9.17, 15) is 0 Å². The van der Waals surface area contributed by atoms with Gasteiger partial charge in [-0.3, -0.25) is 0 Å². The van der Waals surface area contributed by atoms with Crippen LogP contribution in [0.5, 0.6) is 0 Å². The van der Waals surface area contributed by atoms with Crippen LogP contribution in [-0.4, -0.2) is 20.9 Å². The van der Waals surface area contributed by atoms with Crippen LogP contribution in [0.3, 0.4) is 0 Å². The van der Waals surface area contributed by atoms with E-state index in [1.807, 2.05) is 68.0 Å². The van der Waals surface area contributed by atoms with Gasteiger partial charge in [0.1, 0.15) is 0 Å². The van der Waals surface area contributed by atoms with E-state index < -0.39 is 0 Å². The van der Waals surface area contributed by atoms with Crippen LogP contribution in [0.2, 0.25) is 0 Å². The zero-order chi connectivity index (χ0) is 42.3. The summed E-state index contributed by atoms with van der Waals surface area (Å²) in [5.74, 6) is 0. The van der Waals surface area contributed by atoms with Gasteiger partial charge in [0.2, 0.25) is 0 Å². The van der Waals surface area contributed by atoms with Gasteiger partial charge in [0.05, 0.1) is 7.57 Å². The molecular weight excluding hydrogens is 1000 g/mol. The van der Waals surface area contributed by atoms with E-state index in [1.165, 1.54) is 114 Å². The van der Waals surface area contributed by atoms with E-state index in [0.29, 0.717) is 0 Å². The molecule has 0 spiro atoms. The van der Waals surface area contributed by atoms with Crippen LogP contribution in [0.25, 0.3) is 60.6 Å². The van der Waals surface area contributed by atoms with Crippen molar-refractivity contribution in [1.29, 1.82) is 0 Å². The normalized spacial score (nSPS) is 17.8. The molecule has 1 aliphatic heterocycles. The standard InChI is InChI=1S/C22H16Br2S3.C22H18S3.C4H8O.BHNS/c1-21(2)11-7-13(23)25-17(11)9-5-6-10-16-20(27-18(10)15(9)21)19-12(22(16,3)4)8-14(24)26-19;1-21(2)13-7-9-23-17(13)11-5-6-12-16-20(25-18(12)15(11)21)19-14(8-10-24-19)22(16,3)4;1-2-4-5-3-1;1-2-3/h5-8H,1-4H3;5-10H,1-4H3;1-4H2;3H. The van der Waals surface area contributed by atoms with E-state index in [0.717, 1.165) is 13.2 Å². The summed E-state index contributed by atoms with van der Waals surface area (Å²) in [4.78, 5) is 8.89. The van der Waals surface area contributed by atoms with Crippen molar-refractivity contribution in [2.75, 3.05) is 13.2 Å². The van der Waals surface area contributed by atoms with Crippen molar-refractivity contribution >= 4 is 141 Å². The monoisotopic (exact) mass is 1040 g/mol. The molecule has 305 valence electrons. The average Bonchev–Trinajstić information content (AvgIpc) is 4.03. The number of thiophene rings is 6. The first kappa shape index (κ1) is 42.3. The van der Waals surface area contributed by atoms with Crippen molar-refractivity contribution < 1.29 is 4.74 Å². The SMILES string of the molecule is C1CCOC1.CC1(C)c2cc(Br)sc2-c2sc3c4c(ccc3c21)-c1sc(Br)cc1C4(C)C.CC1(C)c2ccsc2-c2sc3c4c(ccc3c21)-c1sccc1C4(C)C.[B]=NS. The molecule has 60 heavy (non-hydrogen) atoms. The van der Waals surface area contributed by atoms with Gasteiger partial charge in [-0.15, -0.1) is 68.0 Å². The molecule has 13 rings (SSSR count). The summed E-state index contributed by atoms with van der Waals surface area (Å²) >= 11 is 22.2. The minimum absolute atomic E-state index is 0.0499. The van der Waals surface area contributed by atoms with Crippen molar-refractivity contribution in [3.05, 3.63) is 111 Å². The molecule has 1 fully saturated rings. The van der Waals surface area contributed by atoms with E-state index in [2.05, 4.69) is 171 Å². The van der Waals surface area contributed by atoms with Gasteiger partial charge in [-0.25, -0.2) is 0 Å². The number of fused-ring (bicyclic) bond motifs is 18. The Kier molecular flexibility index (Phi) is 10.5. The number of thiol groups is 1. The molecule has 7 heterocycles. The van der Waals surface area contributed by atoms with E-state index >= 15 is 0 Å². The second-order valence-electron chi connectivity index (χ2n) is 18.2. The van der Waals surface area contributed by atoms with Crippen LogP contribution in [0.4, 0.5) is 0 Å². The molecule has 1 radical (unpaired) electrons. The third kappa shape index (κ3) is 6.01. The Labute approximate surface area is 400 Å². The Morgan fingerprint density at radius 2 is 0.950 bits per heavy atom. The van der Waals surface area contributed by atoms with Crippen molar-refractivity contribution in [2.24, 2.45) is 4.30 Å². The summed E-state index contributed by atoms with van der Waals surface area (Å²) < 4.78 is 13.1. The summed E-state index contributed by atoms with van der Waals surface area (Å²) in [6, 6.07) is 18.8. The van der Waals surface area contributed by atoms with Crippen LogP contribution >= 0.6 is 113 Å². The Bertz CT molecular complexity index is 3040. The van der Waals surface area contributed by atoms with Gasteiger partial charge in [-0.2, -0.15) is 0 Å². The van der Waals surface area contributed by atoms with E-state index in [-0.39, 0.29) is 21.7 Å². The first-order valence-electron chi connectivity index (χ1n) is 20.1. The van der Waals surface area contributed by atoms with Crippen LogP contribution in [0.1, 0.15) is 113 Å². The van der Waals surface area contributed by atoms with Gasteiger partial charge in [0.25, 0.3) is 0 Å². The topological polar surface area (TPSA) is 21.6 Å². The quantitative estimate of drug-likeness (QED) is 0.119. The van der Waals surface area contributed by atoms with Gasteiger partial charge in [0.15, 0.2) is 0 Å². The third-order valence-corrected chi connectivity index (χ3v) is 21.3. The summed E-state index contributed by atoms with van der Waals surface area (Å²) in [6.07, 6.45) is 2.56. The molecular formula is C48H43BBr2NOS7. The Balaban J connectivity index is 0.000000122. The molecule has 5 aliphatic rings. The molecule has 2 nitrogen and oxygen atoms in total. The summed E-state index contributed by atoms with van der Waals surface area (Å²) in [5, 5.41) is 7.44. The van der Waals surface area contributed by atoms with Crippen LogP contribution < -0.4 is 0 Å². The fourth-order valence-corrected chi connectivity index (χ4v) is 19.9. The average molecular weight is 1040 g/mol. The molecule has 0 saturated carbocycles. The van der Waals surface area contributed by atoms with Crippen LogP contribution in [-0.2, 0) is 26.4 Å². The predicted molar refractivity (Wildman–Crippen MR) is 278 cm³/mol. The molecule has 8 aromatic rings. The number of ether oxygens (including phenoxy) is 1. The van der Waals surface area contributed by atoms with Crippen LogP contribution in [0, 0.1) is 0 Å². The first-order valence-corrected chi connectivity index (χ1v) is 27.2. The fourth-order valence-electron chi connectivity index (χ4n) is 10.6. The van der Waals surface area contributed by atoms with Gasteiger partial charge >= 0.3 is 24.8 Å². The number of halogens is 2. The van der Waals surface area contributed by atoms with Gasteiger partial charge in [0, 0.05) is 73.5 Å². The molecule has 4 aliphatic carbocycles. The van der Waals surface area contributed by atoms with Gasteiger partial charge in [-0.05, 0) is 146 Å². The first-order chi connectivity index (χ1) is 28.5. The number of hydrogen-bond acceptors (Lipinski definition) is 9. The summed E-state index contributed by atoms with van der Waals surface area (Å²) in [5.41, 5.74) is 15.4. The molecule has 0 bridgehead atoms. The van der Waals surface area contributed by atoms with E-state index in [4.69, 9.17) is 4.74 Å². The Hall–Kier alpha value is -1.71. The zero-order valence-electron chi connectivity index (χ0n) is 34.7. The second-order valence-corrected chi connectivity index (χ2v) is 27.2. The molecule has 2 aromatic carbocycles. The molecule has 1 saturated heterocycles. The fraction of sp³-hybridized carbons (Fsp3) is 0.333. The van der Waals surface area contributed by atoms with Crippen LogP contribution in [0.15, 0.2) is 71.2 Å². The maximum atomic E-state index is 4.94. The predicted octanol–water partition coefficient (Wildman–Crippen LogP) is 17.8. The maximum absolute atomic E-state index is 4.94. The van der Waals surface area contributed by atoms with Crippen molar-refractivity contribution in [3.8, 4) is 40.4 Å². The number of benzene rings is 2. The second kappa shape index (κ2) is 14.9. The minimum atomic E-state index is 0.0499. The Morgan fingerprint density at radius 3 is 1.48 bits per heavy atom. The van der Waals surface area contributed by atoms with Crippen molar-refractivity contribution in [3.63, 3.8) is 0 Å². The Morgan fingerprint density at radius 1 is 0.533 bits per heavy atom. The number of hydrogen-bond donors (Lipinski definition) is 1. The molecule has 6 aromatic heterocycles. The van der Waals surface area contributed by atoms with Crippen molar-refractivity contribution in [2.45, 2.75) is 89.9 Å². The zero-order valence-corrected chi connectivity index (χ0v) is 43.7. The molecule has 0 N–H and O–H groups in total. The number of nitrogens with zero attached hydrogens (tertiary/aromatic N) is 1. The molecule has 0 unspecified atom stereocenters. The third-order valence-electron chi connectivity index (χ3n) is 13.4. The van der Waals surface area contributed by atoms with E-state index in [1.54, 1.807) is 11.1 Å². The molecule has 0 atom stereocenters.